The van der Waals surface area contributed by atoms with E-state index in [0.29, 0.717) is 0 Å². The van der Waals surface area contributed by atoms with Crippen molar-refractivity contribution in [1.29, 1.82) is 0 Å². The quantitative estimate of drug-likeness (QED) is 0.736. The number of carboxylic acid groups (broad SMARTS) is 1. The molecule has 1 aromatic rings. The maximum atomic E-state index is 12.2. The van der Waals surface area contributed by atoms with Crippen molar-refractivity contribution in [3.63, 3.8) is 0 Å². The molecule has 22 heavy (non-hydrogen) atoms. The van der Waals surface area contributed by atoms with Crippen molar-refractivity contribution in [3.05, 3.63) is 24.3 Å². The third-order valence-electron chi connectivity index (χ3n) is 3.76. The molecular weight excluding hydrogens is 308 g/mol. The highest BCUT2D eigenvalue weighted by atomic mass is 32.2. The number of carbonyl (C=O) groups excluding carboxylic acids is 2. The zero-order valence-corrected chi connectivity index (χ0v) is 12.7. The van der Waals surface area contributed by atoms with E-state index in [1.54, 1.807) is 13.8 Å². The van der Waals surface area contributed by atoms with Gasteiger partial charge in [-0.2, -0.15) is 0 Å². The summed E-state index contributed by atoms with van der Waals surface area (Å²) in [4.78, 5) is 44.6. The molecule has 0 spiro atoms. The minimum absolute atomic E-state index is 0.116. The van der Waals surface area contributed by atoms with E-state index >= 15 is 0 Å². The van der Waals surface area contributed by atoms with E-state index in [9.17, 15) is 19.5 Å². The molecule has 0 radical (unpaired) electrons. The Hall–Kier alpha value is -2.16. The van der Waals surface area contributed by atoms with Gasteiger partial charge in [-0.1, -0.05) is 0 Å². The van der Waals surface area contributed by atoms with Crippen LogP contribution in [0.3, 0.4) is 0 Å². The standard InChI is InChI=1S/C13H14N4O4S/c1-13(2)8(12(20)21)17-10(19)7(11(17)22-13)16-9(18)6-5-14-3-4-15-6/h3-5,7-8,11H,1-2H3,(H,16,18)(H,20,21)/t7-,8+,11-/m1/s1. The highest BCUT2D eigenvalue weighted by Crippen LogP contribution is 2.50. The molecule has 0 saturated carbocycles. The molecule has 3 heterocycles. The fraction of sp³-hybridized carbons (Fsp3) is 0.462. The average molecular weight is 322 g/mol. The number of carboxylic acids is 1. The summed E-state index contributed by atoms with van der Waals surface area (Å²) in [5.41, 5.74) is 0.116. The van der Waals surface area contributed by atoms with Crippen LogP contribution in [0.5, 0.6) is 0 Å². The highest BCUT2D eigenvalue weighted by molar-refractivity contribution is 8.01. The van der Waals surface area contributed by atoms with Crippen LogP contribution in [0.4, 0.5) is 0 Å². The summed E-state index contributed by atoms with van der Waals surface area (Å²) in [6, 6.07) is -1.62. The molecule has 0 aliphatic carbocycles. The van der Waals surface area contributed by atoms with E-state index in [4.69, 9.17) is 0 Å². The minimum Gasteiger partial charge on any atom is -0.480 e. The van der Waals surface area contributed by atoms with Crippen LogP contribution in [-0.2, 0) is 9.59 Å². The number of aromatic nitrogens is 2. The molecule has 3 rings (SSSR count). The van der Waals surface area contributed by atoms with Crippen LogP contribution in [-0.4, -0.2) is 60.0 Å². The smallest absolute Gasteiger partial charge is 0.327 e. The summed E-state index contributed by atoms with van der Waals surface area (Å²) in [7, 11) is 0. The number of β-lactam (4-membered cyclic amide) rings is 1. The Morgan fingerprint density at radius 3 is 2.73 bits per heavy atom. The largest absolute Gasteiger partial charge is 0.480 e. The van der Waals surface area contributed by atoms with Crippen LogP contribution >= 0.6 is 11.8 Å². The van der Waals surface area contributed by atoms with Crippen molar-refractivity contribution < 1.29 is 19.5 Å². The van der Waals surface area contributed by atoms with Crippen molar-refractivity contribution >= 4 is 29.5 Å². The maximum absolute atomic E-state index is 12.2. The van der Waals surface area contributed by atoms with Crippen molar-refractivity contribution in [3.8, 4) is 0 Å². The van der Waals surface area contributed by atoms with Gasteiger partial charge in [0.05, 0.1) is 6.20 Å². The molecule has 2 fully saturated rings. The SMILES string of the molecule is CC1(C)S[C@@H]2[C@H](NC(=O)c3cnccn3)C(=O)N2[C@H]1C(=O)O. The fourth-order valence-corrected chi connectivity index (χ4v) is 4.40. The molecule has 2 amide bonds. The zero-order chi connectivity index (χ0) is 16.1. The number of rotatable bonds is 3. The fourth-order valence-electron chi connectivity index (χ4n) is 2.78. The number of nitrogens with zero attached hydrogens (tertiary/aromatic N) is 3. The first-order valence-electron chi connectivity index (χ1n) is 6.62. The number of fused-ring (bicyclic) bond motifs is 1. The van der Waals surface area contributed by atoms with Gasteiger partial charge in [-0.05, 0) is 13.8 Å². The molecule has 2 aliphatic heterocycles. The summed E-state index contributed by atoms with van der Waals surface area (Å²) < 4.78 is -0.613. The summed E-state index contributed by atoms with van der Waals surface area (Å²) in [5, 5.41) is 11.6. The van der Waals surface area contributed by atoms with Gasteiger partial charge < -0.3 is 15.3 Å². The predicted octanol–water partition coefficient (Wildman–Crippen LogP) is -0.278. The molecule has 1 aromatic heterocycles. The first-order valence-corrected chi connectivity index (χ1v) is 7.50. The summed E-state index contributed by atoms with van der Waals surface area (Å²) in [6.07, 6.45) is 4.14. The monoisotopic (exact) mass is 322 g/mol. The Labute approximate surface area is 130 Å². The van der Waals surface area contributed by atoms with Crippen molar-refractivity contribution in [2.45, 2.75) is 36.1 Å². The number of hydrogen-bond acceptors (Lipinski definition) is 6. The van der Waals surface area contributed by atoms with Gasteiger partial charge in [-0.25, -0.2) is 9.78 Å². The third-order valence-corrected chi connectivity index (χ3v) is 5.33. The lowest BCUT2D eigenvalue weighted by Crippen LogP contribution is -2.70. The summed E-state index contributed by atoms with van der Waals surface area (Å²) >= 11 is 1.38. The number of thioether (sulfide) groups is 1. The van der Waals surface area contributed by atoms with Gasteiger partial charge in [0.1, 0.15) is 23.2 Å². The van der Waals surface area contributed by atoms with E-state index in [1.165, 1.54) is 35.3 Å². The number of amides is 2. The van der Waals surface area contributed by atoms with Gasteiger partial charge in [0, 0.05) is 17.1 Å². The second-order valence-electron chi connectivity index (χ2n) is 5.64. The molecule has 0 unspecified atom stereocenters. The highest BCUT2D eigenvalue weighted by Gasteiger charge is 2.64. The van der Waals surface area contributed by atoms with Crippen LogP contribution in [0.2, 0.25) is 0 Å². The molecule has 2 saturated heterocycles. The second kappa shape index (κ2) is 4.94. The first-order chi connectivity index (χ1) is 10.3. The van der Waals surface area contributed by atoms with Gasteiger partial charge in [0.2, 0.25) is 5.91 Å². The normalized spacial score (nSPS) is 28.7. The van der Waals surface area contributed by atoms with Crippen LogP contribution in [0.1, 0.15) is 24.3 Å². The van der Waals surface area contributed by atoms with Crippen LogP contribution in [0.15, 0.2) is 18.6 Å². The summed E-state index contributed by atoms with van der Waals surface area (Å²) in [6.45, 7) is 3.56. The van der Waals surface area contributed by atoms with E-state index in [2.05, 4.69) is 15.3 Å². The predicted molar refractivity (Wildman–Crippen MR) is 77.0 cm³/mol. The zero-order valence-electron chi connectivity index (χ0n) is 11.9. The van der Waals surface area contributed by atoms with E-state index in [1.807, 2.05) is 0 Å². The van der Waals surface area contributed by atoms with Crippen molar-refractivity contribution in [1.82, 2.24) is 20.2 Å². The van der Waals surface area contributed by atoms with E-state index < -0.39 is 28.7 Å². The van der Waals surface area contributed by atoms with E-state index in [0.717, 1.165) is 0 Å². The topological polar surface area (TPSA) is 112 Å². The number of aliphatic carboxylic acids is 1. The summed E-state index contributed by atoms with van der Waals surface area (Å²) in [5.74, 6) is -1.91. The van der Waals surface area contributed by atoms with Crippen molar-refractivity contribution in [2.75, 3.05) is 0 Å². The number of nitrogens with one attached hydrogen (secondary N) is 1. The second-order valence-corrected chi connectivity index (χ2v) is 7.41. The lowest BCUT2D eigenvalue weighted by atomic mass is 9.96. The maximum Gasteiger partial charge on any atom is 0.327 e. The molecule has 3 atom stereocenters. The lowest BCUT2D eigenvalue weighted by molar-refractivity contribution is -0.159. The van der Waals surface area contributed by atoms with Gasteiger partial charge in [-0.15, -0.1) is 11.8 Å². The van der Waals surface area contributed by atoms with Gasteiger partial charge >= 0.3 is 5.97 Å². The Morgan fingerprint density at radius 2 is 2.14 bits per heavy atom. The molecule has 2 aliphatic rings. The van der Waals surface area contributed by atoms with Crippen LogP contribution < -0.4 is 5.32 Å². The third kappa shape index (κ3) is 2.12. The molecule has 116 valence electrons. The molecular formula is C13H14N4O4S. The van der Waals surface area contributed by atoms with Crippen molar-refractivity contribution in [2.24, 2.45) is 0 Å². The molecule has 0 aromatic carbocycles. The average Bonchev–Trinajstić information content (AvgIpc) is 2.74. The Bertz CT molecular complexity index is 651. The molecule has 9 heteroatoms. The Balaban J connectivity index is 1.76. The molecule has 8 nitrogen and oxygen atoms in total. The number of carbonyl (C=O) groups is 3. The number of hydrogen-bond donors (Lipinski definition) is 2. The van der Waals surface area contributed by atoms with Gasteiger partial charge in [0.15, 0.2) is 0 Å². The molecule has 0 bridgehead atoms. The van der Waals surface area contributed by atoms with Gasteiger partial charge in [-0.3, -0.25) is 14.6 Å². The van der Waals surface area contributed by atoms with Crippen LogP contribution in [0, 0.1) is 0 Å². The minimum atomic E-state index is -1.04. The van der Waals surface area contributed by atoms with E-state index in [-0.39, 0.29) is 17.0 Å². The lowest BCUT2D eigenvalue weighted by Gasteiger charge is -2.43. The van der Waals surface area contributed by atoms with Crippen LogP contribution in [0.25, 0.3) is 0 Å². The Kier molecular flexibility index (Phi) is 3.32. The Morgan fingerprint density at radius 1 is 1.41 bits per heavy atom. The molecule has 2 N–H and O–H groups in total. The first kappa shape index (κ1) is 14.8. The van der Waals surface area contributed by atoms with Gasteiger partial charge in [0.25, 0.3) is 5.91 Å².